The molecule has 0 spiro atoms. The molecule has 17 heavy (non-hydrogen) atoms. The topological polar surface area (TPSA) is 34.1 Å². The molecule has 0 bridgehead atoms. The normalized spacial score (nSPS) is 24.4. The van der Waals surface area contributed by atoms with E-state index in [0.717, 1.165) is 24.2 Å². The molecule has 1 aliphatic rings. The average molecular weight is 234 g/mol. The predicted molar refractivity (Wildman–Crippen MR) is 70.4 cm³/mol. The Bertz CT molecular complexity index is 354. The summed E-state index contributed by atoms with van der Waals surface area (Å²) >= 11 is 0. The maximum absolute atomic E-state index is 5.11. The van der Waals surface area contributed by atoms with Crippen LogP contribution < -0.4 is 10.1 Å². The fourth-order valence-electron chi connectivity index (χ4n) is 2.62. The zero-order chi connectivity index (χ0) is 12.1. The van der Waals surface area contributed by atoms with Gasteiger partial charge < -0.3 is 10.1 Å². The Labute approximate surface area is 104 Å². The zero-order valence-electron chi connectivity index (χ0n) is 10.8. The first-order valence-corrected chi connectivity index (χ1v) is 6.53. The lowest BCUT2D eigenvalue weighted by molar-refractivity contribution is 0.293. The van der Waals surface area contributed by atoms with E-state index < -0.39 is 0 Å². The van der Waals surface area contributed by atoms with Gasteiger partial charge >= 0.3 is 0 Å². The number of hydrogen-bond acceptors (Lipinski definition) is 3. The number of nitrogens with zero attached hydrogens (tertiary/aromatic N) is 1. The van der Waals surface area contributed by atoms with Gasteiger partial charge in [0, 0.05) is 12.6 Å². The Kier molecular flexibility index (Phi) is 4.24. The molecule has 1 heterocycles. The highest BCUT2D eigenvalue weighted by Crippen LogP contribution is 2.28. The van der Waals surface area contributed by atoms with E-state index in [9.17, 15) is 0 Å². The lowest BCUT2D eigenvalue weighted by Crippen LogP contribution is -2.21. The first-order valence-electron chi connectivity index (χ1n) is 6.53. The van der Waals surface area contributed by atoms with Crippen molar-refractivity contribution in [1.29, 1.82) is 0 Å². The van der Waals surface area contributed by atoms with Gasteiger partial charge in [-0.05, 0) is 30.7 Å². The Balaban J connectivity index is 1.84. The molecule has 1 fully saturated rings. The van der Waals surface area contributed by atoms with Crippen molar-refractivity contribution in [3.05, 3.63) is 18.2 Å². The summed E-state index contributed by atoms with van der Waals surface area (Å²) in [6, 6.07) is 5.83. The van der Waals surface area contributed by atoms with Crippen LogP contribution in [0, 0.1) is 11.8 Å². The fourth-order valence-corrected chi connectivity index (χ4v) is 2.62. The van der Waals surface area contributed by atoms with Gasteiger partial charge in [-0.1, -0.05) is 25.8 Å². The van der Waals surface area contributed by atoms with Crippen LogP contribution in [0.3, 0.4) is 0 Å². The highest BCUT2D eigenvalue weighted by molar-refractivity contribution is 5.36. The molecule has 1 N–H and O–H groups in total. The van der Waals surface area contributed by atoms with Crippen molar-refractivity contribution in [2.45, 2.75) is 32.6 Å². The van der Waals surface area contributed by atoms with Crippen molar-refractivity contribution in [2.75, 3.05) is 19.0 Å². The van der Waals surface area contributed by atoms with Crippen molar-refractivity contribution in [2.24, 2.45) is 11.8 Å². The van der Waals surface area contributed by atoms with Gasteiger partial charge in [0.05, 0.1) is 7.11 Å². The first kappa shape index (κ1) is 12.2. The fraction of sp³-hybridized carbons (Fsp3) is 0.643. The van der Waals surface area contributed by atoms with Crippen molar-refractivity contribution >= 4 is 5.82 Å². The number of aromatic nitrogens is 1. The van der Waals surface area contributed by atoms with Crippen molar-refractivity contribution in [3.63, 3.8) is 0 Å². The summed E-state index contributed by atoms with van der Waals surface area (Å²) in [6.07, 6.45) is 5.46. The summed E-state index contributed by atoms with van der Waals surface area (Å²) in [7, 11) is 1.65. The Hall–Kier alpha value is -1.25. The van der Waals surface area contributed by atoms with E-state index in [1.54, 1.807) is 7.11 Å². The highest BCUT2D eigenvalue weighted by Gasteiger charge is 2.18. The van der Waals surface area contributed by atoms with E-state index in [0.29, 0.717) is 5.88 Å². The third kappa shape index (κ3) is 3.62. The van der Waals surface area contributed by atoms with Crippen molar-refractivity contribution < 1.29 is 4.74 Å². The summed E-state index contributed by atoms with van der Waals surface area (Å²) in [6.45, 7) is 3.39. The molecule has 2 atom stereocenters. The smallest absolute Gasteiger partial charge is 0.214 e. The summed E-state index contributed by atoms with van der Waals surface area (Å²) in [5, 5.41) is 3.42. The quantitative estimate of drug-likeness (QED) is 0.867. The lowest BCUT2D eigenvalue weighted by atomic mass is 9.82. The van der Waals surface area contributed by atoms with E-state index in [1.807, 2.05) is 18.2 Å². The Morgan fingerprint density at radius 3 is 3.06 bits per heavy atom. The molecule has 0 radical (unpaired) electrons. The van der Waals surface area contributed by atoms with E-state index in [-0.39, 0.29) is 0 Å². The monoisotopic (exact) mass is 234 g/mol. The van der Waals surface area contributed by atoms with Crippen LogP contribution in [0.4, 0.5) is 5.82 Å². The minimum absolute atomic E-state index is 0.673. The van der Waals surface area contributed by atoms with E-state index in [1.165, 1.54) is 25.7 Å². The molecule has 0 aliphatic heterocycles. The van der Waals surface area contributed by atoms with Gasteiger partial charge in [0.25, 0.3) is 0 Å². The molecule has 0 saturated heterocycles. The molecule has 2 unspecified atom stereocenters. The largest absolute Gasteiger partial charge is 0.481 e. The van der Waals surface area contributed by atoms with Gasteiger partial charge in [0.2, 0.25) is 5.88 Å². The van der Waals surface area contributed by atoms with Crippen LogP contribution in [0.1, 0.15) is 32.6 Å². The second-order valence-electron chi connectivity index (χ2n) is 5.08. The molecular formula is C14H22N2O. The molecule has 1 aromatic heterocycles. The molecule has 2 rings (SSSR count). The summed E-state index contributed by atoms with van der Waals surface area (Å²) in [5.41, 5.74) is 0. The molecule has 0 amide bonds. The van der Waals surface area contributed by atoms with Gasteiger partial charge in [-0.25, -0.2) is 0 Å². The predicted octanol–water partition coefficient (Wildman–Crippen LogP) is 3.33. The number of rotatable bonds is 4. The van der Waals surface area contributed by atoms with E-state index >= 15 is 0 Å². The van der Waals surface area contributed by atoms with Gasteiger partial charge in [0.15, 0.2) is 0 Å². The minimum atomic E-state index is 0.673. The summed E-state index contributed by atoms with van der Waals surface area (Å²) in [5.74, 6) is 3.27. The van der Waals surface area contributed by atoms with Crippen LogP contribution in [0.2, 0.25) is 0 Å². The highest BCUT2D eigenvalue weighted by atomic mass is 16.5. The first-order chi connectivity index (χ1) is 8.28. The van der Waals surface area contributed by atoms with Gasteiger partial charge in [-0.2, -0.15) is 4.98 Å². The molecule has 94 valence electrons. The van der Waals surface area contributed by atoms with Crippen LogP contribution in [0.5, 0.6) is 5.88 Å². The standard InChI is InChI=1S/C14H22N2O/c1-11-5-3-6-12(9-11)10-15-13-7-4-8-14(16-13)17-2/h4,7-8,11-12H,3,5-6,9-10H2,1-2H3,(H,15,16). The maximum Gasteiger partial charge on any atom is 0.214 e. The number of hydrogen-bond donors (Lipinski definition) is 1. The molecule has 1 aliphatic carbocycles. The number of ether oxygens (including phenoxy) is 1. The zero-order valence-corrected chi connectivity index (χ0v) is 10.8. The third-order valence-electron chi connectivity index (χ3n) is 3.55. The Morgan fingerprint density at radius 1 is 1.41 bits per heavy atom. The number of pyridine rings is 1. The molecule has 3 nitrogen and oxygen atoms in total. The van der Waals surface area contributed by atoms with Gasteiger partial charge in [-0.3, -0.25) is 0 Å². The molecule has 0 aromatic carbocycles. The van der Waals surface area contributed by atoms with Gasteiger partial charge in [-0.15, -0.1) is 0 Å². The van der Waals surface area contributed by atoms with Crippen LogP contribution in [-0.4, -0.2) is 18.6 Å². The second kappa shape index (κ2) is 5.89. The molecule has 3 heteroatoms. The van der Waals surface area contributed by atoms with Crippen LogP contribution in [-0.2, 0) is 0 Å². The molecule has 1 aromatic rings. The van der Waals surface area contributed by atoms with Crippen molar-refractivity contribution in [3.8, 4) is 5.88 Å². The van der Waals surface area contributed by atoms with E-state index in [4.69, 9.17) is 4.74 Å². The molecular weight excluding hydrogens is 212 g/mol. The SMILES string of the molecule is COc1cccc(NCC2CCCC(C)C2)n1. The Morgan fingerprint density at radius 2 is 2.29 bits per heavy atom. The van der Waals surface area contributed by atoms with Crippen LogP contribution in [0.15, 0.2) is 18.2 Å². The minimum Gasteiger partial charge on any atom is -0.481 e. The van der Waals surface area contributed by atoms with Crippen LogP contribution >= 0.6 is 0 Å². The number of nitrogens with one attached hydrogen (secondary N) is 1. The second-order valence-corrected chi connectivity index (χ2v) is 5.08. The number of methoxy groups -OCH3 is 1. The average Bonchev–Trinajstić information content (AvgIpc) is 2.37. The van der Waals surface area contributed by atoms with Gasteiger partial charge in [0.1, 0.15) is 5.82 Å². The summed E-state index contributed by atoms with van der Waals surface area (Å²) < 4.78 is 5.11. The third-order valence-corrected chi connectivity index (χ3v) is 3.55. The summed E-state index contributed by atoms with van der Waals surface area (Å²) in [4.78, 5) is 4.36. The van der Waals surface area contributed by atoms with E-state index in [2.05, 4.69) is 17.2 Å². The molecule has 1 saturated carbocycles. The number of anilines is 1. The van der Waals surface area contributed by atoms with Crippen LogP contribution in [0.25, 0.3) is 0 Å². The van der Waals surface area contributed by atoms with Crippen molar-refractivity contribution in [1.82, 2.24) is 4.98 Å². The lowest BCUT2D eigenvalue weighted by Gasteiger charge is -2.26. The maximum atomic E-state index is 5.11.